The highest BCUT2D eigenvalue weighted by Gasteiger charge is 2.18. The summed E-state index contributed by atoms with van der Waals surface area (Å²) in [5.41, 5.74) is 18.6. The van der Waals surface area contributed by atoms with Gasteiger partial charge < -0.3 is 15.2 Å². The van der Waals surface area contributed by atoms with Crippen LogP contribution in [0.1, 0.15) is 0 Å². The number of aromatic nitrogens is 1. The first-order valence-electron chi connectivity index (χ1n) is 15.2. The third-order valence-electron chi connectivity index (χ3n) is 8.51. The first kappa shape index (κ1) is 26.6. The van der Waals surface area contributed by atoms with Gasteiger partial charge in [0.15, 0.2) is 0 Å². The number of nitrogens with zero attached hydrogens (tertiary/aromatic N) is 2. The highest BCUT2D eigenvalue weighted by atomic mass is 15.1. The van der Waals surface area contributed by atoms with Crippen LogP contribution in [0.25, 0.3) is 49.7 Å². The number of benzene rings is 7. The highest BCUT2D eigenvalue weighted by molar-refractivity contribution is 6.11. The first-order valence-corrected chi connectivity index (χ1v) is 15.2. The van der Waals surface area contributed by atoms with Crippen molar-refractivity contribution >= 4 is 44.6 Å². The first-order chi connectivity index (χ1) is 22.2. The molecule has 3 nitrogen and oxygen atoms in total. The number of nitrogens with two attached hydrogens (primary N) is 1. The SMILES string of the molecule is Nc1ccc2c(c1)c1cc(N(c3ccc(-c4ccccc4)cc3)c3ccc(-c4ccccc4)cc3)ccc1n2-c1ccccc1. The van der Waals surface area contributed by atoms with E-state index in [4.69, 9.17) is 5.73 Å². The van der Waals surface area contributed by atoms with Gasteiger partial charge in [-0.05, 0) is 95.1 Å². The number of hydrogen-bond acceptors (Lipinski definition) is 2. The zero-order chi connectivity index (χ0) is 30.2. The summed E-state index contributed by atoms with van der Waals surface area (Å²) >= 11 is 0. The zero-order valence-electron chi connectivity index (χ0n) is 24.7. The molecule has 0 atom stereocenters. The molecule has 0 spiro atoms. The molecule has 8 aromatic rings. The Bertz CT molecular complexity index is 2150. The van der Waals surface area contributed by atoms with Crippen LogP contribution in [0.3, 0.4) is 0 Å². The Morgan fingerprint density at radius 3 is 1.33 bits per heavy atom. The molecule has 0 fully saturated rings. The van der Waals surface area contributed by atoms with E-state index >= 15 is 0 Å². The fourth-order valence-corrected chi connectivity index (χ4v) is 6.34. The van der Waals surface area contributed by atoms with Gasteiger partial charge >= 0.3 is 0 Å². The van der Waals surface area contributed by atoms with Crippen LogP contribution >= 0.6 is 0 Å². The monoisotopic (exact) mass is 577 g/mol. The average Bonchev–Trinajstić information content (AvgIpc) is 3.43. The molecule has 0 aliphatic carbocycles. The highest BCUT2D eigenvalue weighted by Crippen LogP contribution is 2.41. The third kappa shape index (κ3) is 4.91. The van der Waals surface area contributed by atoms with Crippen molar-refractivity contribution in [1.82, 2.24) is 4.57 Å². The van der Waals surface area contributed by atoms with Crippen molar-refractivity contribution in [1.29, 1.82) is 0 Å². The van der Waals surface area contributed by atoms with Gasteiger partial charge in [-0.3, -0.25) is 0 Å². The maximum absolute atomic E-state index is 6.35. The van der Waals surface area contributed by atoms with Crippen LogP contribution in [0.15, 0.2) is 176 Å². The predicted molar refractivity (Wildman–Crippen MR) is 191 cm³/mol. The van der Waals surface area contributed by atoms with E-state index in [9.17, 15) is 0 Å². The Balaban J connectivity index is 1.30. The maximum atomic E-state index is 6.35. The molecule has 2 N–H and O–H groups in total. The maximum Gasteiger partial charge on any atom is 0.0542 e. The summed E-state index contributed by atoms with van der Waals surface area (Å²) in [5, 5.41) is 2.29. The van der Waals surface area contributed by atoms with Crippen molar-refractivity contribution in [3.05, 3.63) is 176 Å². The fourth-order valence-electron chi connectivity index (χ4n) is 6.34. The molecule has 1 heterocycles. The minimum absolute atomic E-state index is 0.755. The Labute approximate surface area is 263 Å². The van der Waals surface area contributed by atoms with Crippen molar-refractivity contribution in [3.8, 4) is 27.9 Å². The van der Waals surface area contributed by atoms with Gasteiger partial charge in [0.1, 0.15) is 0 Å². The minimum atomic E-state index is 0.755. The van der Waals surface area contributed by atoms with Gasteiger partial charge in [-0.2, -0.15) is 0 Å². The van der Waals surface area contributed by atoms with Crippen LogP contribution < -0.4 is 10.6 Å². The van der Waals surface area contributed by atoms with Gasteiger partial charge in [-0.1, -0.05) is 103 Å². The molecule has 0 saturated carbocycles. The van der Waals surface area contributed by atoms with Crippen LogP contribution in [0.5, 0.6) is 0 Å². The molecule has 0 radical (unpaired) electrons. The number of anilines is 4. The summed E-state index contributed by atoms with van der Waals surface area (Å²) in [5.74, 6) is 0. The lowest BCUT2D eigenvalue weighted by Gasteiger charge is -2.26. The summed E-state index contributed by atoms with van der Waals surface area (Å²) < 4.78 is 2.32. The molecule has 0 unspecified atom stereocenters. The van der Waals surface area contributed by atoms with Gasteiger partial charge in [-0.25, -0.2) is 0 Å². The smallest absolute Gasteiger partial charge is 0.0542 e. The van der Waals surface area contributed by atoms with Crippen molar-refractivity contribution in [2.24, 2.45) is 0 Å². The van der Waals surface area contributed by atoms with Crippen LogP contribution in [0.2, 0.25) is 0 Å². The molecule has 1 aromatic heterocycles. The zero-order valence-corrected chi connectivity index (χ0v) is 24.7. The van der Waals surface area contributed by atoms with Crippen molar-refractivity contribution < 1.29 is 0 Å². The van der Waals surface area contributed by atoms with Crippen LogP contribution in [0, 0.1) is 0 Å². The molecule has 8 rings (SSSR count). The molecule has 3 heteroatoms. The summed E-state index contributed by atoms with van der Waals surface area (Å²) in [6, 6.07) is 62.2. The molecule has 0 aliphatic rings. The minimum Gasteiger partial charge on any atom is -0.399 e. The van der Waals surface area contributed by atoms with Crippen molar-refractivity contribution in [2.75, 3.05) is 10.6 Å². The van der Waals surface area contributed by atoms with Crippen molar-refractivity contribution in [3.63, 3.8) is 0 Å². The topological polar surface area (TPSA) is 34.2 Å². The number of hydrogen-bond donors (Lipinski definition) is 1. The van der Waals surface area contributed by atoms with Gasteiger partial charge in [0.25, 0.3) is 0 Å². The predicted octanol–water partition coefficient (Wildman–Crippen LogP) is 11.2. The molecule has 0 aliphatic heterocycles. The normalized spacial score (nSPS) is 11.2. The van der Waals surface area contributed by atoms with Gasteiger partial charge in [0, 0.05) is 39.2 Å². The van der Waals surface area contributed by atoms with Gasteiger partial charge in [0.05, 0.1) is 11.0 Å². The number of para-hydroxylation sites is 1. The second kappa shape index (κ2) is 11.2. The van der Waals surface area contributed by atoms with Crippen LogP contribution in [-0.4, -0.2) is 4.57 Å². The van der Waals surface area contributed by atoms with E-state index in [0.717, 1.165) is 50.2 Å². The molecule has 214 valence electrons. The van der Waals surface area contributed by atoms with E-state index in [2.05, 4.69) is 179 Å². The van der Waals surface area contributed by atoms with Crippen molar-refractivity contribution in [2.45, 2.75) is 0 Å². The van der Waals surface area contributed by atoms with E-state index < -0.39 is 0 Å². The molecule has 45 heavy (non-hydrogen) atoms. The Kier molecular flexibility index (Phi) is 6.62. The Morgan fingerprint density at radius 2 is 0.800 bits per heavy atom. The Morgan fingerprint density at radius 1 is 0.378 bits per heavy atom. The van der Waals surface area contributed by atoms with Gasteiger partial charge in [0.2, 0.25) is 0 Å². The van der Waals surface area contributed by atoms with Gasteiger partial charge in [-0.15, -0.1) is 0 Å². The average molecular weight is 578 g/mol. The van der Waals surface area contributed by atoms with Crippen LogP contribution in [0.4, 0.5) is 22.7 Å². The second-order valence-corrected chi connectivity index (χ2v) is 11.3. The lowest BCUT2D eigenvalue weighted by Crippen LogP contribution is -2.10. The second-order valence-electron chi connectivity index (χ2n) is 11.3. The van der Waals surface area contributed by atoms with E-state index in [1.807, 2.05) is 6.07 Å². The van der Waals surface area contributed by atoms with E-state index in [0.29, 0.717) is 0 Å². The lowest BCUT2D eigenvalue weighted by molar-refractivity contribution is 1.18. The van der Waals surface area contributed by atoms with E-state index in [1.54, 1.807) is 0 Å². The largest absolute Gasteiger partial charge is 0.399 e. The summed E-state index contributed by atoms with van der Waals surface area (Å²) in [7, 11) is 0. The molecular weight excluding hydrogens is 546 g/mol. The number of fused-ring (bicyclic) bond motifs is 3. The van der Waals surface area contributed by atoms with E-state index in [1.165, 1.54) is 22.3 Å². The van der Waals surface area contributed by atoms with Crippen LogP contribution in [-0.2, 0) is 0 Å². The molecule has 7 aromatic carbocycles. The fraction of sp³-hybridized carbons (Fsp3) is 0. The lowest BCUT2D eigenvalue weighted by atomic mass is 10.0. The molecular formula is C42H31N3. The summed E-state index contributed by atoms with van der Waals surface area (Å²) in [4.78, 5) is 2.33. The number of nitrogen functional groups attached to an aromatic ring is 1. The summed E-state index contributed by atoms with van der Waals surface area (Å²) in [6.45, 7) is 0. The molecule has 0 bridgehead atoms. The summed E-state index contributed by atoms with van der Waals surface area (Å²) in [6.07, 6.45) is 0. The Hall–Kier alpha value is -6.06. The third-order valence-corrected chi connectivity index (χ3v) is 8.51. The molecule has 0 saturated heterocycles. The number of rotatable bonds is 6. The standard InChI is InChI=1S/C42H31N3/c43-34-20-26-41-39(28-34)40-29-38(25-27-42(40)45(41)35-14-8-3-9-15-35)44(36-21-16-32(17-22-36)30-10-4-1-5-11-30)37-23-18-33(19-24-37)31-12-6-2-7-13-31/h1-29H,43H2. The van der Waals surface area contributed by atoms with E-state index in [-0.39, 0.29) is 0 Å². The molecule has 0 amide bonds. The quantitative estimate of drug-likeness (QED) is 0.199.